The number of rotatable bonds is 6. The lowest BCUT2D eigenvalue weighted by molar-refractivity contribution is -0.145. The number of urea groups is 1. The van der Waals surface area contributed by atoms with Crippen molar-refractivity contribution in [2.75, 3.05) is 26.2 Å². The van der Waals surface area contributed by atoms with Gasteiger partial charge in [0.15, 0.2) is 0 Å². The topological polar surface area (TPSA) is 78.9 Å². The van der Waals surface area contributed by atoms with Gasteiger partial charge < -0.3 is 20.1 Å². The number of nitrogens with zero attached hydrogens (tertiary/aromatic N) is 1. The molecule has 1 fully saturated rings. The molecule has 1 aliphatic heterocycles. The van der Waals surface area contributed by atoms with Crippen LogP contribution in [0.15, 0.2) is 0 Å². The predicted molar refractivity (Wildman–Crippen MR) is 71.0 cm³/mol. The molecule has 0 saturated carbocycles. The largest absolute Gasteiger partial charge is 0.480 e. The van der Waals surface area contributed by atoms with Gasteiger partial charge in [-0.25, -0.2) is 9.59 Å². The molecule has 6 nitrogen and oxygen atoms in total. The maximum Gasteiger partial charge on any atom is 0.329 e. The van der Waals surface area contributed by atoms with E-state index in [1.165, 1.54) is 0 Å². The van der Waals surface area contributed by atoms with E-state index < -0.39 is 5.97 Å². The molecule has 1 rings (SSSR count). The Bertz CT molecular complexity index is 301. The van der Waals surface area contributed by atoms with Gasteiger partial charge >= 0.3 is 12.0 Å². The number of likely N-dealkylation sites (tertiary alicyclic amines) is 1. The van der Waals surface area contributed by atoms with Crippen molar-refractivity contribution >= 4 is 12.0 Å². The van der Waals surface area contributed by atoms with Crippen molar-refractivity contribution in [3.05, 3.63) is 0 Å². The summed E-state index contributed by atoms with van der Waals surface area (Å²) in [6.45, 7) is 5.89. The fourth-order valence-electron chi connectivity index (χ4n) is 1.93. The number of carbonyl (C=O) groups excluding carboxylic acids is 1. The summed E-state index contributed by atoms with van der Waals surface area (Å²) in [7, 11) is 0. The van der Waals surface area contributed by atoms with Gasteiger partial charge in [-0.3, -0.25) is 0 Å². The van der Waals surface area contributed by atoms with E-state index in [0.29, 0.717) is 38.4 Å². The standard InChI is InChI=1S/C13H24N2O4/c1-3-10(2)8-14-13(18)15-6-4-11(5-7-15)19-9-12(16)17/h10-11H,3-9H2,1-2H3,(H,14,18)(H,16,17). The lowest BCUT2D eigenvalue weighted by Gasteiger charge is -2.32. The van der Waals surface area contributed by atoms with Gasteiger partial charge in [-0.05, 0) is 18.8 Å². The number of hydrogen-bond acceptors (Lipinski definition) is 3. The fourth-order valence-corrected chi connectivity index (χ4v) is 1.93. The van der Waals surface area contributed by atoms with Gasteiger partial charge in [-0.1, -0.05) is 20.3 Å². The van der Waals surface area contributed by atoms with Gasteiger partial charge in [0.25, 0.3) is 0 Å². The van der Waals surface area contributed by atoms with Crippen LogP contribution in [0.3, 0.4) is 0 Å². The molecule has 1 atom stereocenters. The Morgan fingerprint density at radius 1 is 1.42 bits per heavy atom. The summed E-state index contributed by atoms with van der Waals surface area (Å²) >= 11 is 0. The lowest BCUT2D eigenvalue weighted by Crippen LogP contribution is -2.47. The highest BCUT2D eigenvalue weighted by molar-refractivity contribution is 5.74. The first-order valence-corrected chi connectivity index (χ1v) is 6.89. The molecule has 1 aliphatic rings. The van der Waals surface area contributed by atoms with Gasteiger partial charge in [-0.15, -0.1) is 0 Å². The summed E-state index contributed by atoms with van der Waals surface area (Å²) < 4.78 is 5.23. The monoisotopic (exact) mass is 272 g/mol. The molecule has 0 spiro atoms. The minimum Gasteiger partial charge on any atom is -0.480 e. The zero-order valence-corrected chi connectivity index (χ0v) is 11.7. The highest BCUT2D eigenvalue weighted by Gasteiger charge is 2.23. The fraction of sp³-hybridized carbons (Fsp3) is 0.846. The van der Waals surface area contributed by atoms with Crippen molar-refractivity contribution in [3.63, 3.8) is 0 Å². The van der Waals surface area contributed by atoms with Crippen molar-refractivity contribution in [3.8, 4) is 0 Å². The molecule has 0 aromatic rings. The number of ether oxygens (including phenoxy) is 1. The van der Waals surface area contributed by atoms with Gasteiger partial charge in [0.2, 0.25) is 0 Å². The molecule has 1 heterocycles. The second-order valence-electron chi connectivity index (χ2n) is 5.09. The van der Waals surface area contributed by atoms with Crippen molar-refractivity contribution in [2.45, 2.75) is 39.2 Å². The third-order valence-electron chi connectivity index (χ3n) is 3.47. The molecule has 0 bridgehead atoms. The molecular formula is C13H24N2O4. The van der Waals surface area contributed by atoms with E-state index in [-0.39, 0.29) is 18.7 Å². The van der Waals surface area contributed by atoms with Crippen LogP contribution >= 0.6 is 0 Å². The first kappa shape index (κ1) is 15.8. The van der Waals surface area contributed by atoms with Crippen LogP contribution < -0.4 is 5.32 Å². The SMILES string of the molecule is CCC(C)CNC(=O)N1CCC(OCC(=O)O)CC1. The summed E-state index contributed by atoms with van der Waals surface area (Å²) in [6.07, 6.45) is 2.40. The van der Waals surface area contributed by atoms with Crippen LogP contribution in [0.4, 0.5) is 4.79 Å². The third kappa shape index (κ3) is 5.92. The zero-order chi connectivity index (χ0) is 14.3. The molecule has 2 amide bonds. The second kappa shape index (κ2) is 7.99. The van der Waals surface area contributed by atoms with Crippen molar-refractivity contribution in [2.24, 2.45) is 5.92 Å². The Labute approximate surface area is 114 Å². The molecule has 0 aromatic carbocycles. The van der Waals surface area contributed by atoms with Gasteiger partial charge in [0.1, 0.15) is 6.61 Å². The molecule has 2 N–H and O–H groups in total. The van der Waals surface area contributed by atoms with E-state index >= 15 is 0 Å². The Kier molecular flexibility index (Phi) is 6.62. The first-order valence-electron chi connectivity index (χ1n) is 6.89. The molecule has 1 saturated heterocycles. The molecule has 110 valence electrons. The first-order chi connectivity index (χ1) is 9.02. The third-order valence-corrected chi connectivity index (χ3v) is 3.47. The zero-order valence-electron chi connectivity index (χ0n) is 11.7. The molecule has 6 heteroatoms. The normalized spacial score (nSPS) is 18.1. The quantitative estimate of drug-likeness (QED) is 0.764. The van der Waals surface area contributed by atoms with Gasteiger partial charge in [0.05, 0.1) is 6.10 Å². The van der Waals surface area contributed by atoms with E-state index in [4.69, 9.17) is 9.84 Å². The molecule has 0 radical (unpaired) electrons. The van der Waals surface area contributed by atoms with Crippen LogP contribution in [-0.4, -0.2) is 54.4 Å². The maximum absolute atomic E-state index is 11.9. The van der Waals surface area contributed by atoms with Crippen LogP contribution in [0, 0.1) is 5.92 Å². The van der Waals surface area contributed by atoms with Crippen LogP contribution in [0.1, 0.15) is 33.1 Å². The maximum atomic E-state index is 11.9. The number of carbonyl (C=O) groups is 2. The minimum absolute atomic E-state index is 0.0306. The average molecular weight is 272 g/mol. The van der Waals surface area contributed by atoms with E-state index in [1.807, 2.05) is 0 Å². The molecule has 1 unspecified atom stereocenters. The van der Waals surface area contributed by atoms with E-state index in [9.17, 15) is 9.59 Å². The summed E-state index contributed by atoms with van der Waals surface area (Å²) in [5.74, 6) is -0.464. The van der Waals surface area contributed by atoms with E-state index in [0.717, 1.165) is 6.42 Å². The predicted octanol–water partition coefficient (Wildman–Crippen LogP) is 1.31. The second-order valence-corrected chi connectivity index (χ2v) is 5.09. The Balaban J connectivity index is 2.21. The number of amides is 2. The van der Waals surface area contributed by atoms with Crippen LogP contribution in [-0.2, 0) is 9.53 Å². The average Bonchev–Trinajstić information content (AvgIpc) is 2.42. The molecule has 19 heavy (non-hydrogen) atoms. The van der Waals surface area contributed by atoms with Crippen LogP contribution in [0.25, 0.3) is 0 Å². The Morgan fingerprint density at radius 3 is 2.58 bits per heavy atom. The smallest absolute Gasteiger partial charge is 0.329 e. The number of aliphatic carboxylic acids is 1. The van der Waals surface area contributed by atoms with E-state index in [1.54, 1.807) is 4.90 Å². The molecule has 0 aliphatic carbocycles. The number of carboxylic acids is 1. The minimum atomic E-state index is -0.950. The van der Waals surface area contributed by atoms with Gasteiger partial charge in [0, 0.05) is 19.6 Å². The van der Waals surface area contributed by atoms with Gasteiger partial charge in [-0.2, -0.15) is 0 Å². The summed E-state index contributed by atoms with van der Waals surface area (Å²) in [6, 6.07) is -0.0306. The highest BCUT2D eigenvalue weighted by Crippen LogP contribution is 2.13. The van der Waals surface area contributed by atoms with Crippen LogP contribution in [0.2, 0.25) is 0 Å². The highest BCUT2D eigenvalue weighted by atomic mass is 16.5. The molecule has 0 aromatic heterocycles. The Morgan fingerprint density at radius 2 is 2.05 bits per heavy atom. The summed E-state index contributed by atoms with van der Waals surface area (Å²) in [4.78, 5) is 24.0. The Hall–Kier alpha value is -1.30. The lowest BCUT2D eigenvalue weighted by atomic mass is 10.1. The van der Waals surface area contributed by atoms with E-state index in [2.05, 4.69) is 19.2 Å². The number of piperidine rings is 1. The molecular weight excluding hydrogens is 248 g/mol. The van der Waals surface area contributed by atoms with Crippen molar-refractivity contribution in [1.82, 2.24) is 10.2 Å². The number of nitrogens with one attached hydrogen (secondary N) is 1. The number of hydrogen-bond donors (Lipinski definition) is 2. The summed E-state index contributed by atoms with van der Waals surface area (Å²) in [5.41, 5.74) is 0. The number of carboxylic acid groups (broad SMARTS) is 1. The van der Waals surface area contributed by atoms with Crippen LogP contribution in [0.5, 0.6) is 0 Å². The summed E-state index contributed by atoms with van der Waals surface area (Å²) in [5, 5.41) is 11.5. The van der Waals surface area contributed by atoms with Crippen molar-refractivity contribution in [1.29, 1.82) is 0 Å². The van der Waals surface area contributed by atoms with Crippen molar-refractivity contribution < 1.29 is 19.4 Å².